The summed E-state index contributed by atoms with van der Waals surface area (Å²) in [7, 11) is 0. The number of benzene rings is 1. The van der Waals surface area contributed by atoms with E-state index < -0.39 is 12.0 Å². The zero-order valence-corrected chi connectivity index (χ0v) is 10.7. The molecule has 0 saturated carbocycles. The number of Topliss-reactive ketones (excluding diaryl/α,β-unsaturated/α-hetero) is 1. The summed E-state index contributed by atoms with van der Waals surface area (Å²) in [6.07, 6.45) is 2.19. The summed E-state index contributed by atoms with van der Waals surface area (Å²) in [5, 5.41) is 9.67. The molecule has 0 aromatic heterocycles. The fraction of sp³-hybridized carbons (Fsp3) is 0.429. The first-order valence-corrected chi connectivity index (χ1v) is 6.41. The minimum Gasteiger partial charge on any atom is -0.370 e. The van der Waals surface area contributed by atoms with Crippen molar-refractivity contribution in [2.75, 3.05) is 6.61 Å². The minimum atomic E-state index is -0.832. The van der Waals surface area contributed by atoms with Crippen LogP contribution in [0.4, 0.5) is 0 Å². The number of ether oxygens (including phenoxy) is 1. The lowest BCUT2D eigenvalue weighted by Gasteiger charge is -2.23. The summed E-state index contributed by atoms with van der Waals surface area (Å²) in [5.74, 6) is -1.01. The number of hydrogen-bond acceptors (Lipinski definition) is 3. The van der Waals surface area contributed by atoms with E-state index in [4.69, 9.17) is 16.3 Å². The molecule has 94 valence electrons. The molecule has 2 unspecified atom stereocenters. The lowest BCUT2D eigenvalue weighted by Crippen LogP contribution is -2.32. The van der Waals surface area contributed by atoms with Gasteiger partial charge in [0.15, 0.2) is 5.78 Å². The van der Waals surface area contributed by atoms with E-state index in [2.05, 4.69) is 0 Å². The van der Waals surface area contributed by atoms with Crippen molar-refractivity contribution in [1.82, 2.24) is 0 Å². The summed E-state index contributed by atoms with van der Waals surface area (Å²) in [6, 6.07) is 9.01. The third-order valence-corrected chi connectivity index (χ3v) is 3.47. The Bertz CT molecular complexity index is 475. The number of nitriles is 1. The average Bonchev–Trinajstić information content (AvgIpc) is 2.42. The van der Waals surface area contributed by atoms with E-state index in [1.165, 1.54) is 0 Å². The van der Waals surface area contributed by atoms with Crippen molar-refractivity contribution in [3.8, 4) is 6.07 Å². The van der Waals surface area contributed by atoms with Crippen LogP contribution in [0.3, 0.4) is 0 Å². The predicted octanol–water partition coefficient (Wildman–Crippen LogP) is 3.09. The maximum atomic E-state index is 12.3. The highest BCUT2D eigenvalue weighted by Gasteiger charge is 2.31. The molecule has 0 aliphatic carbocycles. The Hall–Kier alpha value is -1.37. The van der Waals surface area contributed by atoms with Crippen LogP contribution in [0.2, 0.25) is 5.02 Å². The maximum Gasteiger partial charge on any atom is 0.183 e. The van der Waals surface area contributed by atoms with Crippen molar-refractivity contribution in [3.05, 3.63) is 34.9 Å². The van der Waals surface area contributed by atoms with E-state index in [1.54, 1.807) is 24.3 Å². The van der Waals surface area contributed by atoms with Crippen LogP contribution in [0.5, 0.6) is 0 Å². The van der Waals surface area contributed by atoms with Crippen LogP contribution >= 0.6 is 11.6 Å². The fourth-order valence-corrected chi connectivity index (χ4v) is 2.39. The van der Waals surface area contributed by atoms with Gasteiger partial charge in [-0.2, -0.15) is 5.26 Å². The molecule has 1 aromatic carbocycles. The number of ketones is 1. The zero-order valence-electron chi connectivity index (χ0n) is 9.93. The minimum absolute atomic E-state index is 0.176. The van der Waals surface area contributed by atoms with E-state index in [1.807, 2.05) is 6.07 Å². The lowest BCUT2D eigenvalue weighted by atomic mass is 9.90. The van der Waals surface area contributed by atoms with Gasteiger partial charge in [0.2, 0.25) is 0 Å². The monoisotopic (exact) mass is 263 g/mol. The molecule has 2 atom stereocenters. The maximum absolute atomic E-state index is 12.3. The van der Waals surface area contributed by atoms with Gasteiger partial charge in [0, 0.05) is 11.6 Å². The molecule has 1 aliphatic heterocycles. The van der Waals surface area contributed by atoms with Crippen molar-refractivity contribution in [3.63, 3.8) is 0 Å². The van der Waals surface area contributed by atoms with Gasteiger partial charge in [-0.1, -0.05) is 29.8 Å². The second kappa shape index (κ2) is 5.99. The molecule has 0 radical (unpaired) electrons. The average molecular weight is 264 g/mol. The molecule has 1 saturated heterocycles. The summed E-state index contributed by atoms with van der Waals surface area (Å²) in [5.41, 5.74) is 0.570. The summed E-state index contributed by atoms with van der Waals surface area (Å²) < 4.78 is 5.44. The van der Waals surface area contributed by atoms with E-state index in [0.29, 0.717) is 23.6 Å². The van der Waals surface area contributed by atoms with E-state index >= 15 is 0 Å². The Morgan fingerprint density at radius 2 is 2.22 bits per heavy atom. The number of carbonyl (C=O) groups excluding carboxylic acids is 1. The van der Waals surface area contributed by atoms with Gasteiger partial charge in [-0.3, -0.25) is 4.79 Å². The molecular formula is C14H14ClNO2. The van der Waals surface area contributed by atoms with Gasteiger partial charge in [0.1, 0.15) is 12.0 Å². The third kappa shape index (κ3) is 2.72. The number of rotatable bonds is 3. The molecule has 4 heteroatoms. The molecule has 1 aromatic rings. The molecular weight excluding hydrogens is 250 g/mol. The molecule has 3 nitrogen and oxygen atoms in total. The van der Waals surface area contributed by atoms with Crippen LogP contribution in [0.25, 0.3) is 0 Å². The summed E-state index contributed by atoms with van der Waals surface area (Å²) >= 11 is 6.04. The first-order chi connectivity index (χ1) is 8.74. The van der Waals surface area contributed by atoms with Crippen molar-refractivity contribution in [2.45, 2.75) is 31.3 Å². The van der Waals surface area contributed by atoms with Crippen LogP contribution in [0.1, 0.15) is 30.7 Å². The second-order valence-corrected chi connectivity index (χ2v) is 4.75. The van der Waals surface area contributed by atoms with Crippen molar-refractivity contribution < 1.29 is 9.53 Å². The largest absolute Gasteiger partial charge is 0.370 e. The summed E-state index contributed by atoms with van der Waals surface area (Å²) in [6.45, 7) is 0.594. The van der Waals surface area contributed by atoms with E-state index in [-0.39, 0.29) is 5.78 Å². The molecule has 0 N–H and O–H groups in total. The fourth-order valence-electron chi connectivity index (χ4n) is 2.15. The molecule has 1 aliphatic rings. The molecule has 18 heavy (non-hydrogen) atoms. The Morgan fingerprint density at radius 3 is 2.83 bits per heavy atom. The van der Waals surface area contributed by atoms with Crippen LogP contribution in [0, 0.1) is 11.3 Å². The van der Waals surface area contributed by atoms with Gasteiger partial charge < -0.3 is 4.74 Å². The smallest absolute Gasteiger partial charge is 0.183 e. The zero-order chi connectivity index (χ0) is 13.0. The normalized spacial score (nSPS) is 21.0. The molecule has 0 bridgehead atoms. The molecule has 0 amide bonds. The van der Waals surface area contributed by atoms with Gasteiger partial charge in [-0.05, 0) is 30.9 Å². The van der Waals surface area contributed by atoms with Crippen LogP contribution in [0.15, 0.2) is 24.3 Å². The highest BCUT2D eigenvalue weighted by molar-refractivity contribution is 6.31. The van der Waals surface area contributed by atoms with Gasteiger partial charge in [0.05, 0.1) is 6.07 Å². The van der Waals surface area contributed by atoms with Crippen molar-refractivity contribution in [1.29, 1.82) is 5.26 Å². The van der Waals surface area contributed by atoms with Crippen molar-refractivity contribution >= 4 is 17.4 Å². The van der Waals surface area contributed by atoms with Gasteiger partial charge in [-0.15, -0.1) is 0 Å². The third-order valence-electron chi connectivity index (χ3n) is 3.13. The highest BCUT2D eigenvalue weighted by atomic mass is 35.5. The number of carbonyl (C=O) groups is 1. The summed E-state index contributed by atoms with van der Waals surface area (Å²) in [4.78, 5) is 12.3. The Kier molecular flexibility index (Phi) is 4.35. The first-order valence-electron chi connectivity index (χ1n) is 6.03. The SMILES string of the molecule is N#CC(C(=O)C1CCCCO1)c1ccccc1Cl. The van der Waals surface area contributed by atoms with Crippen LogP contribution in [-0.4, -0.2) is 18.5 Å². The predicted molar refractivity (Wildman–Crippen MR) is 68.4 cm³/mol. The molecule has 2 rings (SSSR count). The Labute approximate surface area is 111 Å². The quantitative estimate of drug-likeness (QED) is 0.842. The Balaban J connectivity index is 2.21. The second-order valence-electron chi connectivity index (χ2n) is 4.34. The van der Waals surface area contributed by atoms with E-state index in [9.17, 15) is 10.1 Å². The van der Waals surface area contributed by atoms with Gasteiger partial charge >= 0.3 is 0 Å². The van der Waals surface area contributed by atoms with Crippen LogP contribution < -0.4 is 0 Å². The molecule has 1 heterocycles. The lowest BCUT2D eigenvalue weighted by molar-refractivity contribution is -0.133. The number of hydrogen-bond donors (Lipinski definition) is 0. The number of halogens is 1. The standard InChI is InChI=1S/C14H14ClNO2/c15-12-6-2-1-5-10(12)11(9-16)14(17)13-7-3-4-8-18-13/h1-2,5-6,11,13H,3-4,7-8H2. The van der Waals surface area contributed by atoms with Crippen molar-refractivity contribution in [2.24, 2.45) is 0 Å². The molecule has 1 fully saturated rings. The topological polar surface area (TPSA) is 50.1 Å². The Morgan fingerprint density at radius 1 is 1.44 bits per heavy atom. The highest BCUT2D eigenvalue weighted by Crippen LogP contribution is 2.28. The molecule has 0 spiro atoms. The van der Waals surface area contributed by atoms with Crippen LogP contribution in [-0.2, 0) is 9.53 Å². The van der Waals surface area contributed by atoms with Gasteiger partial charge in [0.25, 0.3) is 0 Å². The number of nitrogens with zero attached hydrogens (tertiary/aromatic N) is 1. The van der Waals surface area contributed by atoms with Gasteiger partial charge in [-0.25, -0.2) is 0 Å². The first kappa shape index (κ1) is 13.1. The van der Waals surface area contributed by atoms with E-state index in [0.717, 1.165) is 12.8 Å².